The van der Waals surface area contributed by atoms with Crippen molar-refractivity contribution in [3.8, 4) is 0 Å². The minimum atomic E-state index is 0.400. The van der Waals surface area contributed by atoms with E-state index >= 15 is 0 Å². The van der Waals surface area contributed by atoms with E-state index in [1.54, 1.807) is 12.4 Å². The molecule has 2 N–H and O–H groups in total. The van der Waals surface area contributed by atoms with Gasteiger partial charge in [-0.05, 0) is 25.7 Å². The first-order chi connectivity index (χ1) is 5.86. The van der Waals surface area contributed by atoms with Crippen molar-refractivity contribution in [3.05, 3.63) is 12.4 Å². The van der Waals surface area contributed by atoms with Crippen LogP contribution in [0, 0.1) is 0 Å². The van der Waals surface area contributed by atoms with E-state index in [-0.39, 0.29) is 0 Å². The van der Waals surface area contributed by atoms with Crippen molar-refractivity contribution in [2.45, 2.75) is 37.8 Å². The molecule has 0 aliphatic heterocycles. The van der Waals surface area contributed by atoms with Gasteiger partial charge in [0.15, 0.2) is 0 Å². The van der Waals surface area contributed by atoms with Gasteiger partial charge < -0.3 is 5.73 Å². The van der Waals surface area contributed by atoms with Crippen LogP contribution in [0.3, 0.4) is 0 Å². The van der Waals surface area contributed by atoms with Crippen molar-refractivity contribution in [1.82, 2.24) is 15.0 Å². The van der Waals surface area contributed by atoms with Gasteiger partial charge in [-0.25, -0.2) is 0 Å². The van der Waals surface area contributed by atoms with E-state index in [1.807, 2.05) is 4.80 Å². The van der Waals surface area contributed by atoms with Crippen LogP contribution in [0.1, 0.15) is 31.7 Å². The Balaban J connectivity index is 1.99. The molecule has 4 heteroatoms. The normalized spacial score (nSPS) is 30.4. The van der Waals surface area contributed by atoms with Gasteiger partial charge in [-0.15, -0.1) is 0 Å². The molecule has 1 aromatic rings. The molecule has 0 spiro atoms. The van der Waals surface area contributed by atoms with E-state index in [1.165, 1.54) is 0 Å². The molecule has 1 saturated carbocycles. The maximum atomic E-state index is 5.80. The van der Waals surface area contributed by atoms with E-state index in [0.29, 0.717) is 12.1 Å². The molecule has 2 rings (SSSR count). The molecule has 0 bridgehead atoms. The fraction of sp³-hybridized carbons (Fsp3) is 0.750. The molecule has 1 fully saturated rings. The van der Waals surface area contributed by atoms with Crippen molar-refractivity contribution in [1.29, 1.82) is 0 Å². The Morgan fingerprint density at radius 2 is 1.67 bits per heavy atom. The maximum Gasteiger partial charge on any atom is 0.0717 e. The summed E-state index contributed by atoms with van der Waals surface area (Å²) in [5.41, 5.74) is 5.80. The summed E-state index contributed by atoms with van der Waals surface area (Å²) in [6.07, 6.45) is 7.91. The second kappa shape index (κ2) is 3.23. The summed E-state index contributed by atoms with van der Waals surface area (Å²) in [4.78, 5) is 1.81. The lowest BCUT2D eigenvalue weighted by Gasteiger charge is -2.24. The molecule has 0 aromatic carbocycles. The van der Waals surface area contributed by atoms with Crippen molar-refractivity contribution < 1.29 is 0 Å². The Hall–Kier alpha value is -0.900. The molecule has 66 valence electrons. The highest BCUT2D eigenvalue weighted by Gasteiger charge is 2.20. The molecule has 0 amide bonds. The number of nitrogens with two attached hydrogens (primary N) is 1. The summed E-state index contributed by atoms with van der Waals surface area (Å²) in [5.74, 6) is 0. The Morgan fingerprint density at radius 3 is 2.25 bits per heavy atom. The first kappa shape index (κ1) is 7.73. The van der Waals surface area contributed by atoms with Gasteiger partial charge in [-0.2, -0.15) is 15.0 Å². The third-order valence-electron chi connectivity index (χ3n) is 2.50. The number of aromatic nitrogens is 3. The molecule has 1 aliphatic rings. The maximum absolute atomic E-state index is 5.80. The van der Waals surface area contributed by atoms with Crippen molar-refractivity contribution in [2.24, 2.45) is 5.73 Å². The molecule has 0 unspecified atom stereocenters. The number of rotatable bonds is 1. The van der Waals surface area contributed by atoms with Crippen LogP contribution in [-0.2, 0) is 0 Å². The molecular weight excluding hydrogens is 152 g/mol. The quantitative estimate of drug-likeness (QED) is 0.668. The minimum absolute atomic E-state index is 0.400. The van der Waals surface area contributed by atoms with Gasteiger partial charge >= 0.3 is 0 Å². The van der Waals surface area contributed by atoms with Crippen molar-refractivity contribution in [3.63, 3.8) is 0 Å². The molecule has 0 atom stereocenters. The van der Waals surface area contributed by atoms with Crippen LogP contribution in [0.25, 0.3) is 0 Å². The van der Waals surface area contributed by atoms with E-state index in [4.69, 9.17) is 5.73 Å². The first-order valence-corrected chi connectivity index (χ1v) is 4.47. The Kier molecular flexibility index (Phi) is 2.08. The zero-order valence-electron chi connectivity index (χ0n) is 7.06. The summed E-state index contributed by atoms with van der Waals surface area (Å²) in [5, 5.41) is 8.26. The summed E-state index contributed by atoms with van der Waals surface area (Å²) < 4.78 is 0. The zero-order chi connectivity index (χ0) is 8.39. The SMILES string of the molecule is NC1CCC(n2nccn2)CC1. The average Bonchev–Trinajstić information content (AvgIpc) is 2.58. The highest BCUT2D eigenvalue weighted by molar-refractivity contribution is 4.77. The smallest absolute Gasteiger partial charge is 0.0717 e. The Bertz CT molecular complexity index is 223. The lowest BCUT2D eigenvalue weighted by molar-refractivity contribution is 0.281. The average molecular weight is 166 g/mol. The standard InChI is InChI=1S/C8H14N4/c9-7-1-3-8(4-2-7)12-10-5-6-11-12/h5-8H,1-4,9H2. The van der Waals surface area contributed by atoms with Crippen LogP contribution < -0.4 is 5.73 Å². The van der Waals surface area contributed by atoms with Gasteiger partial charge in [-0.1, -0.05) is 0 Å². The van der Waals surface area contributed by atoms with Gasteiger partial charge in [0.05, 0.1) is 18.4 Å². The number of nitrogens with zero attached hydrogens (tertiary/aromatic N) is 3. The van der Waals surface area contributed by atoms with E-state index < -0.39 is 0 Å². The Morgan fingerprint density at radius 1 is 1.08 bits per heavy atom. The van der Waals surface area contributed by atoms with E-state index in [0.717, 1.165) is 25.7 Å². The van der Waals surface area contributed by atoms with Crippen LogP contribution in [0.4, 0.5) is 0 Å². The van der Waals surface area contributed by atoms with Crippen LogP contribution >= 0.6 is 0 Å². The Labute approximate surface area is 71.8 Å². The molecule has 1 aliphatic carbocycles. The second-order valence-corrected chi connectivity index (χ2v) is 3.42. The topological polar surface area (TPSA) is 56.7 Å². The van der Waals surface area contributed by atoms with Gasteiger partial charge in [-0.3, -0.25) is 0 Å². The molecular formula is C8H14N4. The predicted molar refractivity (Wildman–Crippen MR) is 45.5 cm³/mol. The first-order valence-electron chi connectivity index (χ1n) is 4.47. The van der Waals surface area contributed by atoms with Crippen LogP contribution in [-0.4, -0.2) is 21.0 Å². The van der Waals surface area contributed by atoms with Crippen molar-refractivity contribution >= 4 is 0 Å². The lowest BCUT2D eigenvalue weighted by atomic mass is 9.92. The predicted octanol–water partition coefficient (Wildman–Crippen LogP) is 0.720. The fourth-order valence-electron chi connectivity index (χ4n) is 1.75. The number of hydrogen-bond donors (Lipinski definition) is 1. The van der Waals surface area contributed by atoms with Gasteiger partial charge in [0.25, 0.3) is 0 Å². The second-order valence-electron chi connectivity index (χ2n) is 3.42. The zero-order valence-corrected chi connectivity index (χ0v) is 7.06. The van der Waals surface area contributed by atoms with Crippen LogP contribution in [0.5, 0.6) is 0 Å². The van der Waals surface area contributed by atoms with Crippen LogP contribution in [0.15, 0.2) is 12.4 Å². The summed E-state index contributed by atoms with van der Waals surface area (Å²) in [7, 11) is 0. The molecule has 0 radical (unpaired) electrons. The highest BCUT2D eigenvalue weighted by Crippen LogP contribution is 2.25. The summed E-state index contributed by atoms with van der Waals surface area (Å²) >= 11 is 0. The molecule has 0 saturated heterocycles. The molecule has 1 heterocycles. The summed E-state index contributed by atoms with van der Waals surface area (Å²) in [6.45, 7) is 0. The third kappa shape index (κ3) is 1.48. The molecule has 1 aromatic heterocycles. The lowest BCUT2D eigenvalue weighted by Crippen LogP contribution is -2.28. The van der Waals surface area contributed by atoms with E-state index in [2.05, 4.69) is 10.2 Å². The van der Waals surface area contributed by atoms with Crippen LogP contribution in [0.2, 0.25) is 0 Å². The summed E-state index contributed by atoms with van der Waals surface area (Å²) in [6, 6.07) is 0.886. The molecule has 12 heavy (non-hydrogen) atoms. The van der Waals surface area contributed by atoms with Gasteiger partial charge in [0.2, 0.25) is 0 Å². The highest BCUT2D eigenvalue weighted by atomic mass is 15.5. The van der Waals surface area contributed by atoms with E-state index in [9.17, 15) is 0 Å². The van der Waals surface area contributed by atoms with Gasteiger partial charge in [0.1, 0.15) is 0 Å². The third-order valence-corrected chi connectivity index (χ3v) is 2.50. The molecule has 4 nitrogen and oxygen atoms in total. The van der Waals surface area contributed by atoms with Gasteiger partial charge in [0, 0.05) is 6.04 Å². The van der Waals surface area contributed by atoms with Crippen molar-refractivity contribution in [2.75, 3.05) is 0 Å². The number of hydrogen-bond acceptors (Lipinski definition) is 3. The largest absolute Gasteiger partial charge is 0.328 e. The minimum Gasteiger partial charge on any atom is -0.328 e. The monoisotopic (exact) mass is 166 g/mol. The fourth-order valence-corrected chi connectivity index (χ4v) is 1.75.